The maximum Gasteiger partial charge on any atom is 0.113 e. The van der Waals surface area contributed by atoms with E-state index < -0.39 is 6.10 Å². The molecule has 0 aliphatic carbocycles. The van der Waals surface area contributed by atoms with E-state index in [1.165, 1.54) is 22.3 Å². The number of rotatable bonds is 9. The lowest BCUT2D eigenvalue weighted by Gasteiger charge is -2.39. The SMILES string of the molecule is COC(C)C(OCc1ccccc1)C1OCc2ccccc2CCc2ccccc2COCC(C)C1OCc1ccccc1. The Morgan fingerprint density at radius 3 is 1.80 bits per heavy atom. The van der Waals surface area contributed by atoms with Gasteiger partial charge in [0.1, 0.15) is 12.2 Å². The normalized spacial score (nSPS) is 20.9. The van der Waals surface area contributed by atoms with Crippen LogP contribution in [0.1, 0.15) is 47.2 Å². The Kier molecular flexibility index (Phi) is 12.2. The first-order valence-corrected chi connectivity index (χ1v) is 15.8. The number of fused-ring (bicyclic) bond motifs is 2. The van der Waals surface area contributed by atoms with Gasteiger partial charge in [-0.05, 0) is 53.1 Å². The van der Waals surface area contributed by atoms with Crippen LogP contribution < -0.4 is 0 Å². The number of hydrogen-bond donors (Lipinski definition) is 0. The van der Waals surface area contributed by atoms with Crippen LogP contribution in [0, 0.1) is 5.92 Å². The Hall–Kier alpha value is -3.32. The van der Waals surface area contributed by atoms with Crippen LogP contribution in [0.25, 0.3) is 0 Å². The molecular weight excluding hydrogens is 548 g/mol. The summed E-state index contributed by atoms with van der Waals surface area (Å²) >= 11 is 0. The molecule has 0 bridgehead atoms. The summed E-state index contributed by atoms with van der Waals surface area (Å²) < 4.78 is 32.8. The van der Waals surface area contributed by atoms with Gasteiger partial charge in [0.15, 0.2) is 0 Å². The summed E-state index contributed by atoms with van der Waals surface area (Å²) in [6, 6.07) is 37.7. The van der Waals surface area contributed by atoms with E-state index in [9.17, 15) is 0 Å². The Morgan fingerprint density at radius 1 is 0.682 bits per heavy atom. The highest BCUT2D eigenvalue weighted by molar-refractivity contribution is 5.31. The van der Waals surface area contributed by atoms with Gasteiger partial charge < -0.3 is 23.7 Å². The van der Waals surface area contributed by atoms with Crippen LogP contribution >= 0.6 is 0 Å². The van der Waals surface area contributed by atoms with Crippen LogP contribution in [-0.4, -0.2) is 38.1 Å². The third-order valence-electron chi connectivity index (χ3n) is 8.58. The first-order valence-electron chi connectivity index (χ1n) is 15.8. The van der Waals surface area contributed by atoms with Crippen LogP contribution in [0.15, 0.2) is 109 Å². The Labute approximate surface area is 263 Å². The van der Waals surface area contributed by atoms with Gasteiger partial charge >= 0.3 is 0 Å². The molecule has 0 fully saturated rings. The molecule has 5 unspecified atom stereocenters. The van der Waals surface area contributed by atoms with Gasteiger partial charge in [0.25, 0.3) is 0 Å². The molecule has 44 heavy (non-hydrogen) atoms. The molecule has 4 aromatic rings. The Morgan fingerprint density at radius 2 is 1.20 bits per heavy atom. The van der Waals surface area contributed by atoms with Crippen molar-refractivity contribution in [2.75, 3.05) is 13.7 Å². The van der Waals surface area contributed by atoms with E-state index in [-0.39, 0.29) is 24.2 Å². The molecule has 232 valence electrons. The maximum atomic E-state index is 6.94. The van der Waals surface area contributed by atoms with Crippen molar-refractivity contribution in [1.29, 1.82) is 0 Å². The summed E-state index contributed by atoms with van der Waals surface area (Å²) in [6.07, 6.45) is 0.513. The standard InChI is InChI=1S/C39H46O5/c1-29-24-41-27-35-20-12-10-18-33(35)22-23-34-19-11-13-21-36(34)28-44-39(37(29)42-25-31-14-6-4-7-15-31)38(30(2)40-3)43-26-32-16-8-5-9-17-32/h4-21,29-30,37-39H,22-28H2,1-3H3. The largest absolute Gasteiger partial charge is 0.379 e. The molecule has 1 aliphatic heterocycles. The predicted molar refractivity (Wildman–Crippen MR) is 174 cm³/mol. The molecule has 4 aromatic carbocycles. The molecule has 0 radical (unpaired) electrons. The quantitative estimate of drug-likeness (QED) is 0.199. The summed E-state index contributed by atoms with van der Waals surface area (Å²) in [5.41, 5.74) is 7.25. The van der Waals surface area contributed by atoms with Crippen molar-refractivity contribution in [3.05, 3.63) is 143 Å². The fourth-order valence-corrected chi connectivity index (χ4v) is 5.91. The number of hydrogen-bond acceptors (Lipinski definition) is 5. The summed E-state index contributed by atoms with van der Waals surface area (Å²) in [5, 5.41) is 0. The first kappa shape index (κ1) is 32.1. The fraction of sp³-hybridized carbons (Fsp3) is 0.385. The van der Waals surface area contributed by atoms with Gasteiger partial charge in [-0.25, -0.2) is 0 Å². The molecule has 0 saturated carbocycles. The second-order valence-electron chi connectivity index (χ2n) is 11.8. The molecule has 5 rings (SSSR count). The minimum absolute atomic E-state index is 0.0148. The van der Waals surface area contributed by atoms with Gasteiger partial charge in [-0.1, -0.05) is 116 Å². The Bertz CT molecular complexity index is 1390. The summed E-state index contributed by atoms with van der Waals surface area (Å²) in [4.78, 5) is 0. The predicted octanol–water partition coefficient (Wildman–Crippen LogP) is 7.73. The first-order chi connectivity index (χ1) is 21.6. The number of benzene rings is 4. The lowest BCUT2D eigenvalue weighted by Crippen LogP contribution is -2.51. The minimum Gasteiger partial charge on any atom is -0.379 e. The van der Waals surface area contributed by atoms with Crippen LogP contribution in [0.3, 0.4) is 0 Å². The monoisotopic (exact) mass is 594 g/mol. The summed E-state index contributed by atoms with van der Waals surface area (Å²) in [6.45, 7) is 6.67. The van der Waals surface area contributed by atoms with Crippen molar-refractivity contribution in [2.24, 2.45) is 5.92 Å². The lowest BCUT2D eigenvalue weighted by atomic mass is 9.93. The van der Waals surface area contributed by atoms with E-state index in [1.807, 2.05) is 43.3 Å². The third-order valence-corrected chi connectivity index (χ3v) is 8.58. The second-order valence-corrected chi connectivity index (χ2v) is 11.8. The van der Waals surface area contributed by atoms with E-state index in [1.54, 1.807) is 7.11 Å². The molecule has 0 spiro atoms. The molecule has 0 aromatic heterocycles. The van der Waals surface area contributed by atoms with Crippen molar-refractivity contribution in [3.8, 4) is 0 Å². The molecule has 5 nitrogen and oxygen atoms in total. The molecule has 0 saturated heterocycles. The molecule has 0 N–H and O–H groups in total. The highest BCUT2D eigenvalue weighted by Gasteiger charge is 2.39. The van der Waals surface area contributed by atoms with Gasteiger partial charge in [0, 0.05) is 13.0 Å². The van der Waals surface area contributed by atoms with Crippen molar-refractivity contribution in [1.82, 2.24) is 0 Å². The van der Waals surface area contributed by atoms with E-state index in [0.717, 1.165) is 24.0 Å². The van der Waals surface area contributed by atoms with Crippen LogP contribution in [-0.2, 0) is 63.0 Å². The Balaban J connectivity index is 1.49. The second kappa shape index (κ2) is 16.7. The van der Waals surface area contributed by atoms with Crippen molar-refractivity contribution in [2.45, 2.75) is 77.5 Å². The number of aryl methyl sites for hydroxylation is 2. The van der Waals surface area contributed by atoms with Gasteiger partial charge in [-0.2, -0.15) is 0 Å². The summed E-state index contributed by atoms with van der Waals surface area (Å²) in [5.74, 6) is 0.0148. The summed E-state index contributed by atoms with van der Waals surface area (Å²) in [7, 11) is 1.73. The zero-order valence-corrected chi connectivity index (χ0v) is 26.3. The van der Waals surface area contributed by atoms with E-state index in [0.29, 0.717) is 33.0 Å². The van der Waals surface area contributed by atoms with Crippen molar-refractivity contribution >= 4 is 0 Å². The number of ether oxygens (including phenoxy) is 5. The highest BCUT2D eigenvalue weighted by atomic mass is 16.6. The minimum atomic E-state index is -0.417. The zero-order valence-electron chi connectivity index (χ0n) is 26.3. The molecule has 0 amide bonds. The van der Waals surface area contributed by atoms with E-state index in [2.05, 4.69) is 79.7 Å². The van der Waals surface area contributed by atoms with Gasteiger partial charge in [-0.3, -0.25) is 0 Å². The highest BCUT2D eigenvalue weighted by Crippen LogP contribution is 2.28. The molecular formula is C39H46O5. The van der Waals surface area contributed by atoms with Crippen molar-refractivity contribution in [3.63, 3.8) is 0 Å². The average Bonchev–Trinajstić information content (AvgIpc) is 3.07. The fourth-order valence-electron chi connectivity index (χ4n) is 5.91. The van der Waals surface area contributed by atoms with Gasteiger partial charge in [0.05, 0.1) is 45.2 Å². The van der Waals surface area contributed by atoms with Crippen LogP contribution in [0.4, 0.5) is 0 Å². The molecule has 1 aliphatic rings. The third kappa shape index (κ3) is 8.87. The topological polar surface area (TPSA) is 46.2 Å². The number of methoxy groups -OCH3 is 1. The smallest absolute Gasteiger partial charge is 0.113 e. The maximum absolute atomic E-state index is 6.94. The van der Waals surface area contributed by atoms with Crippen LogP contribution in [0.2, 0.25) is 0 Å². The average molecular weight is 595 g/mol. The van der Waals surface area contributed by atoms with Gasteiger partial charge in [-0.15, -0.1) is 0 Å². The van der Waals surface area contributed by atoms with E-state index >= 15 is 0 Å². The molecule has 5 heteroatoms. The van der Waals surface area contributed by atoms with E-state index in [4.69, 9.17) is 23.7 Å². The molecule has 1 heterocycles. The molecule has 5 atom stereocenters. The lowest BCUT2D eigenvalue weighted by molar-refractivity contribution is -0.194. The van der Waals surface area contributed by atoms with Crippen LogP contribution in [0.5, 0.6) is 0 Å². The zero-order chi connectivity index (χ0) is 30.6. The van der Waals surface area contributed by atoms with Crippen molar-refractivity contribution < 1.29 is 23.7 Å². The van der Waals surface area contributed by atoms with Gasteiger partial charge in [0.2, 0.25) is 0 Å².